The van der Waals surface area contributed by atoms with Gasteiger partial charge in [-0.1, -0.05) is 38.1 Å². The minimum absolute atomic E-state index is 0.0443. The predicted octanol–water partition coefficient (Wildman–Crippen LogP) is -0.00310. The SMILES string of the molecule is CC(C)[C@H](NC(=O)[C@@H](CCc1ccc(O)cc1)NC(=O)C(O)Cc1ccc(O)cc1)C(=O)NC(C=O)CCCN=C(N)N. The van der Waals surface area contributed by atoms with Gasteiger partial charge in [-0.05, 0) is 67.0 Å². The molecular weight excluding hydrogens is 556 g/mol. The molecule has 43 heavy (non-hydrogen) atoms. The first-order valence-corrected chi connectivity index (χ1v) is 14.0. The van der Waals surface area contributed by atoms with E-state index in [4.69, 9.17) is 11.5 Å². The van der Waals surface area contributed by atoms with Gasteiger partial charge in [-0.25, -0.2) is 0 Å². The summed E-state index contributed by atoms with van der Waals surface area (Å²) in [5, 5.41) is 37.5. The van der Waals surface area contributed by atoms with Gasteiger partial charge in [-0.2, -0.15) is 0 Å². The van der Waals surface area contributed by atoms with E-state index in [1.165, 1.54) is 24.3 Å². The molecule has 0 radical (unpaired) electrons. The van der Waals surface area contributed by atoms with Gasteiger partial charge in [0.25, 0.3) is 0 Å². The number of aromatic hydroxyl groups is 2. The van der Waals surface area contributed by atoms with Crippen LogP contribution in [0.15, 0.2) is 53.5 Å². The smallest absolute Gasteiger partial charge is 0.249 e. The van der Waals surface area contributed by atoms with Gasteiger partial charge in [0.1, 0.15) is 36.0 Å². The number of nitrogens with one attached hydrogen (secondary N) is 3. The number of guanidine groups is 1. The Balaban J connectivity index is 2.13. The summed E-state index contributed by atoms with van der Waals surface area (Å²) < 4.78 is 0. The van der Waals surface area contributed by atoms with Crippen molar-refractivity contribution in [2.24, 2.45) is 22.4 Å². The highest BCUT2D eigenvalue weighted by Gasteiger charge is 2.31. The second-order valence-corrected chi connectivity index (χ2v) is 10.6. The van der Waals surface area contributed by atoms with E-state index in [1.54, 1.807) is 38.1 Å². The minimum Gasteiger partial charge on any atom is -0.508 e. The van der Waals surface area contributed by atoms with Crippen molar-refractivity contribution in [1.29, 1.82) is 0 Å². The number of aryl methyl sites for hydroxylation is 1. The van der Waals surface area contributed by atoms with Crippen molar-refractivity contribution in [1.82, 2.24) is 16.0 Å². The van der Waals surface area contributed by atoms with Crippen LogP contribution >= 0.6 is 0 Å². The molecule has 13 heteroatoms. The summed E-state index contributed by atoms with van der Waals surface area (Å²) in [5.74, 6) is -2.32. The van der Waals surface area contributed by atoms with Gasteiger partial charge < -0.3 is 47.5 Å². The summed E-state index contributed by atoms with van der Waals surface area (Å²) in [6.07, 6.45) is 0.267. The average molecular weight is 599 g/mol. The lowest BCUT2D eigenvalue weighted by molar-refractivity contribution is -0.136. The number of phenols is 2. The zero-order valence-electron chi connectivity index (χ0n) is 24.4. The second kappa shape index (κ2) is 17.3. The minimum atomic E-state index is -1.48. The fourth-order valence-electron chi connectivity index (χ4n) is 4.21. The largest absolute Gasteiger partial charge is 0.508 e. The monoisotopic (exact) mass is 598 g/mol. The maximum Gasteiger partial charge on any atom is 0.249 e. The van der Waals surface area contributed by atoms with Crippen LogP contribution < -0.4 is 27.4 Å². The molecule has 0 aromatic heterocycles. The Hall–Kier alpha value is -4.65. The van der Waals surface area contributed by atoms with Gasteiger partial charge in [0.05, 0.1) is 6.04 Å². The maximum atomic E-state index is 13.5. The topological polar surface area (TPSA) is 229 Å². The highest BCUT2D eigenvalue weighted by molar-refractivity contribution is 5.93. The van der Waals surface area contributed by atoms with Crippen molar-refractivity contribution in [3.05, 3.63) is 59.7 Å². The van der Waals surface area contributed by atoms with Crippen molar-refractivity contribution in [2.75, 3.05) is 6.54 Å². The van der Waals surface area contributed by atoms with E-state index >= 15 is 0 Å². The Labute approximate surface area is 250 Å². The lowest BCUT2D eigenvalue weighted by Crippen LogP contribution is -2.57. The van der Waals surface area contributed by atoms with Gasteiger partial charge >= 0.3 is 0 Å². The van der Waals surface area contributed by atoms with E-state index in [1.807, 2.05) is 0 Å². The zero-order chi connectivity index (χ0) is 31.9. The van der Waals surface area contributed by atoms with Gasteiger partial charge in [0.2, 0.25) is 17.7 Å². The molecular formula is C30H42N6O7. The van der Waals surface area contributed by atoms with Crippen molar-refractivity contribution in [3.8, 4) is 11.5 Å². The maximum absolute atomic E-state index is 13.5. The van der Waals surface area contributed by atoms with Crippen LogP contribution in [0.4, 0.5) is 0 Å². The van der Waals surface area contributed by atoms with Gasteiger partial charge in [-0.3, -0.25) is 19.4 Å². The second-order valence-electron chi connectivity index (χ2n) is 10.6. The lowest BCUT2D eigenvalue weighted by Gasteiger charge is -2.27. The number of benzene rings is 2. The molecule has 0 saturated heterocycles. The van der Waals surface area contributed by atoms with Gasteiger partial charge in [0.15, 0.2) is 5.96 Å². The number of nitrogens with zero attached hydrogens (tertiary/aromatic N) is 1. The number of aliphatic hydroxyl groups excluding tert-OH is 1. The number of aliphatic imine (C=N–C) groups is 1. The Bertz CT molecular complexity index is 1230. The highest BCUT2D eigenvalue weighted by atomic mass is 16.3. The number of hydrogen-bond acceptors (Lipinski definition) is 8. The molecule has 0 bridgehead atoms. The molecule has 2 unspecified atom stereocenters. The number of amides is 3. The average Bonchev–Trinajstić information content (AvgIpc) is 2.96. The third-order valence-electron chi connectivity index (χ3n) is 6.67. The summed E-state index contributed by atoms with van der Waals surface area (Å²) in [5.41, 5.74) is 12.0. The molecule has 0 aliphatic carbocycles. The van der Waals surface area contributed by atoms with E-state index in [0.717, 1.165) is 5.56 Å². The molecule has 0 aliphatic heterocycles. The van der Waals surface area contributed by atoms with E-state index < -0.39 is 42.0 Å². The van der Waals surface area contributed by atoms with E-state index in [9.17, 15) is 34.5 Å². The number of carbonyl (C=O) groups is 4. The molecule has 0 heterocycles. The summed E-state index contributed by atoms with van der Waals surface area (Å²) in [6, 6.07) is 9.42. The number of carbonyl (C=O) groups excluding carboxylic acids is 4. The number of aliphatic hydroxyl groups is 1. The number of nitrogens with two attached hydrogens (primary N) is 2. The van der Waals surface area contributed by atoms with Crippen LogP contribution in [-0.4, -0.2) is 76.1 Å². The molecule has 10 N–H and O–H groups in total. The molecule has 13 nitrogen and oxygen atoms in total. The molecule has 2 aromatic rings. The summed E-state index contributed by atoms with van der Waals surface area (Å²) >= 11 is 0. The van der Waals surface area contributed by atoms with Crippen LogP contribution in [0, 0.1) is 5.92 Å². The van der Waals surface area contributed by atoms with Crippen LogP contribution in [-0.2, 0) is 32.0 Å². The zero-order valence-corrected chi connectivity index (χ0v) is 24.4. The molecule has 0 saturated carbocycles. The third kappa shape index (κ3) is 12.4. The molecule has 0 spiro atoms. The van der Waals surface area contributed by atoms with Crippen molar-refractivity contribution >= 4 is 30.0 Å². The van der Waals surface area contributed by atoms with Crippen LogP contribution in [0.25, 0.3) is 0 Å². The summed E-state index contributed by atoms with van der Waals surface area (Å²) in [7, 11) is 0. The first kappa shape index (κ1) is 34.6. The van der Waals surface area contributed by atoms with Crippen molar-refractivity contribution < 1.29 is 34.5 Å². The van der Waals surface area contributed by atoms with E-state index in [0.29, 0.717) is 24.7 Å². The van der Waals surface area contributed by atoms with Crippen LogP contribution in [0.5, 0.6) is 11.5 Å². The summed E-state index contributed by atoms with van der Waals surface area (Å²) in [4.78, 5) is 54.9. The van der Waals surface area contributed by atoms with Crippen LogP contribution in [0.1, 0.15) is 44.2 Å². The Kier molecular flexibility index (Phi) is 13.9. The van der Waals surface area contributed by atoms with Gasteiger partial charge in [-0.15, -0.1) is 0 Å². The Morgan fingerprint density at radius 1 is 0.837 bits per heavy atom. The van der Waals surface area contributed by atoms with Crippen LogP contribution in [0.3, 0.4) is 0 Å². The third-order valence-corrected chi connectivity index (χ3v) is 6.67. The molecule has 0 fully saturated rings. The van der Waals surface area contributed by atoms with Crippen molar-refractivity contribution in [2.45, 2.75) is 70.2 Å². The van der Waals surface area contributed by atoms with Crippen LogP contribution in [0.2, 0.25) is 0 Å². The predicted molar refractivity (Wildman–Crippen MR) is 161 cm³/mol. The normalized spacial score (nSPS) is 13.7. The standard InChI is InChI=1S/C30H42N6O7/c1-18(2)26(29(43)34-21(17-37)4-3-15-33-30(31)32)36-27(41)24(14-9-19-5-10-22(38)11-6-19)35-28(42)25(40)16-20-7-12-23(39)13-8-20/h5-8,10-13,17-18,21,24-26,38-40H,3-4,9,14-16H2,1-2H3,(H,34,43)(H,35,42)(H,36,41)(H4,31,32,33)/t21?,24-,25?,26+/m1/s1. The molecule has 3 amide bonds. The Morgan fingerprint density at radius 2 is 1.42 bits per heavy atom. The van der Waals surface area contributed by atoms with E-state index in [-0.39, 0.29) is 49.2 Å². The quantitative estimate of drug-likeness (QED) is 0.0529. The first-order valence-electron chi connectivity index (χ1n) is 14.0. The lowest BCUT2D eigenvalue weighted by atomic mass is 10.00. The molecule has 4 atom stereocenters. The molecule has 234 valence electrons. The molecule has 2 rings (SSSR count). The fourth-order valence-corrected chi connectivity index (χ4v) is 4.21. The molecule has 2 aromatic carbocycles. The number of aldehydes is 1. The first-order chi connectivity index (χ1) is 20.4. The summed E-state index contributed by atoms with van der Waals surface area (Å²) in [6.45, 7) is 3.74. The fraction of sp³-hybridized carbons (Fsp3) is 0.433. The number of hydrogen-bond donors (Lipinski definition) is 8. The van der Waals surface area contributed by atoms with Gasteiger partial charge in [0, 0.05) is 13.0 Å². The van der Waals surface area contributed by atoms with E-state index in [2.05, 4.69) is 20.9 Å². The highest BCUT2D eigenvalue weighted by Crippen LogP contribution is 2.14. The Morgan fingerprint density at radius 3 is 1.95 bits per heavy atom. The number of phenolic OH excluding ortho intramolecular Hbond substituents is 2. The molecule has 0 aliphatic rings. The van der Waals surface area contributed by atoms with Crippen molar-refractivity contribution in [3.63, 3.8) is 0 Å². The number of rotatable bonds is 17.